The van der Waals surface area contributed by atoms with Crippen LogP contribution in [0, 0.1) is 0 Å². The topological polar surface area (TPSA) is 80.1 Å². The number of nitrogen functional groups attached to an aromatic ring is 1. The Hall–Kier alpha value is -2.93. The molecule has 3 N–H and O–H groups in total. The highest BCUT2D eigenvalue weighted by Crippen LogP contribution is 2.30. The molecule has 1 aliphatic rings. The summed E-state index contributed by atoms with van der Waals surface area (Å²) in [6.07, 6.45) is 0. The number of amides is 1. The molecule has 7 nitrogen and oxygen atoms in total. The van der Waals surface area contributed by atoms with Crippen LogP contribution in [0.5, 0.6) is 5.75 Å². The van der Waals surface area contributed by atoms with E-state index in [4.69, 9.17) is 15.2 Å². The minimum Gasteiger partial charge on any atom is -0.495 e. The number of nitrogens with one attached hydrogen (secondary N) is 1. The van der Waals surface area contributed by atoms with Crippen LogP contribution >= 0.6 is 0 Å². The van der Waals surface area contributed by atoms with Crippen molar-refractivity contribution in [2.24, 2.45) is 0 Å². The highest BCUT2D eigenvalue weighted by molar-refractivity contribution is 5.96. The van der Waals surface area contributed by atoms with E-state index in [1.165, 1.54) is 0 Å². The molecule has 0 bridgehead atoms. The van der Waals surface area contributed by atoms with Gasteiger partial charge >= 0.3 is 0 Å². The monoisotopic (exact) mass is 384 g/mol. The van der Waals surface area contributed by atoms with E-state index in [1.54, 1.807) is 20.3 Å². The van der Waals surface area contributed by atoms with Gasteiger partial charge in [0.2, 0.25) is 0 Å². The zero-order valence-corrected chi connectivity index (χ0v) is 16.5. The number of piperazine rings is 1. The number of nitrogens with zero attached hydrogens (tertiary/aromatic N) is 2. The summed E-state index contributed by atoms with van der Waals surface area (Å²) >= 11 is 0. The van der Waals surface area contributed by atoms with E-state index >= 15 is 0 Å². The summed E-state index contributed by atoms with van der Waals surface area (Å²) in [5.74, 6) is 0.746. The number of hydrogen-bond donors (Lipinski definition) is 2. The predicted molar refractivity (Wildman–Crippen MR) is 112 cm³/mol. The number of anilines is 3. The molecule has 1 aliphatic heterocycles. The van der Waals surface area contributed by atoms with Gasteiger partial charge in [0.15, 0.2) is 0 Å². The van der Waals surface area contributed by atoms with Gasteiger partial charge in [0, 0.05) is 45.4 Å². The highest BCUT2D eigenvalue weighted by Gasteiger charge is 2.21. The van der Waals surface area contributed by atoms with E-state index in [-0.39, 0.29) is 5.91 Å². The summed E-state index contributed by atoms with van der Waals surface area (Å²) in [6.45, 7) is 4.40. The average molecular weight is 384 g/mol. The number of benzene rings is 2. The molecular weight excluding hydrogens is 356 g/mol. The molecule has 2 aromatic rings. The summed E-state index contributed by atoms with van der Waals surface area (Å²) in [6, 6.07) is 13.6. The van der Waals surface area contributed by atoms with Gasteiger partial charge in [-0.3, -0.25) is 4.79 Å². The maximum Gasteiger partial charge on any atom is 0.251 e. The lowest BCUT2D eigenvalue weighted by Crippen LogP contribution is -2.46. The maximum absolute atomic E-state index is 12.2. The van der Waals surface area contributed by atoms with E-state index in [9.17, 15) is 4.79 Å². The molecule has 2 aromatic carbocycles. The van der Waals surface area contributed by atoms with Gasteiger partial charge in [-0.25, -0.2) is 0 Å². The molecule has 0 radical (unpaired) electrons. The zero-order valence-electron chi connectivity index (χ0n) is 16.5. The van der Waals surface area contributed by atoms with Gasteiger partial charge in [0.25, 0.3) is 5.91 Å². The third-order valence-electron chi connectivity index (χ3n) is 4.93. The molecule has 150 valence electrons. The summed E-state index contributed by atoms with van der Waals surface area (Å²) in [5, 5.41) is 2.81. The van der Waals surface area contributed by atoms with Crippen molar-refractivity contribution < 1.29 is 14.3 Å². The van der Waals surface area contributed by atoms with E-state index in [2.05, 4.69) is 21.2 Å². The normalized spacial score (nSPS) is 14.1. The first-order chi connectivity index (χ1) is 13.6. The Morgan fingerprint density at radius 3 is 2.36 bits per heavy atom. The molecule has 0 aromatic heterocycles. The van der Waals surface area contributed by atoms with Gasteiger partial charge in [0.05, 0.1) is 30.8 Å². The van der Waals surface area contributed by atoms with E-state index in [0.29, 0.717) is 24.4 Å². The Bertz CT molecular complexity index is 804. The standard InChI is InChI=1S/C21H28N4O3/c1-27-14-9-23-21(26)16-7-8-18(17(22)15-16)24-10-12-25(13-11-24)19-5-3-4-6-20(19)28-2/h3-8,15H,9-14,22H2,1-2H3,(H,23,26). The number of methoxy groups -OCH3 is 2. The fraction of sp³-hybridized carbons (Fsp3) is 0.381. The Morgan fingerprint density at radius 2 is 1.71 bits per heavy atom. The van der Waals surface area contributed by atoms with Gasteiger partial charge in [-0.2, -0.15) is 0 Å². The second-order valence-electron chi connectivity index (χ2n) is 6.67. The smallest absolute Gasteiger partial charge is 0.251 e. The second kappa shape index (κ2) is 9.32. The first-order valence-electron chi connectivity index (χ1n) is 9.43. The van der Waals surface area contributed by atoms with Crippen LogP contribution < -0.4 is 25.6 Å². The summed E-state index contributed by atoms with van der Waals surface area (Å²) < 4.78 is 10.4. The summed E-state index contributed by atoms with van der Waals surface area (Å²) in [7, 11) is 3.30. The molecular formula is C21H28N4O3. The number of hydrogen-bond acceptors (Lipinski definition) is 6. The van der Waals surface area contributed by atoms with Gasteiger partial charge in [-0.15, -0.1) is 0 Å². The van der Waals surface area contributed by atoms with E-state index in [1.807, 2.05) is 30.3 Å². The third kappa shape index (κ3) is 4.48. The molecule has 1 heterocycles. The largest absolute Gasteiger partial charge is 0.495 e. The number of ether oxygens (including phenoxy) is 2. The Balaban J connectivity index is 1.63. The van der Waals surface area contributed by atoms with Gasteiger partial charge in [-0.05, 0) is 30.3 Å². The minimum atomic E-state index is -0.142. The molecule has 0 aliphatic carbocycles. The lowest BCUT2D eigenvalue weighted by atomic mass is 10.1. The molecule has 0 spiro atoms. The molecule has 1 fully saturated rings. The molecule has 3 rings (SSSR count). The maximum atomic E-state index is 12.2. The SMILES string of the molecule is COCCNC(=O)c1ccc(N2CCN(c3ccccc3OC)CC2)c(N)c1. The van der Waals surface area contributed by atoms with Crippen LogP contribution in [-0.2, 0) is 4.74 Å². The first kappa shape index (κ1) is 19.8. The van der Waals surface area contributed by atoms with Crippen LogP contribution in [0.1, 0.15) is 10.4 Å². The summed E-state index contributed by atoms with van der Waals surface area (Å²) in [4.78, 5) is 16.7. The van der Waals surface area contributed by atoms with Crippen LogP contribution in [0.2, 0.25) is 0 Å². The van der Waals surface area contributed by atoms with Crippen molar-refractivity contribution in [1.29, 1.82) is 0 Å². The quantitative estimate of drug-likeness (QED) is 0.561. The van der Waals surface area contributed by atoms with Crippen LogP contribution in [0.25, 0.3) is 0 Å². The Morgan fingerprint density at radius 1 is 1.04 bits per heavy atom. The van der Waals surface area contributed by atoms with Gasteiger partial charge < -0.3 is 30.3 Å². The van der Waals surface area contributed by atoms with Crippen LogP contribution in [0.4, 0.5) is 17.1 Å². The zero-order chi connectivity index (χ0) is 19.9. The number of para-hydroxylation sites is 2. The highest BCUT2D eigenvalue weighted by atomic mass is 16.5. The fourth-order valence-electron chi connectivity index (χ4n) is 3.43. The van der Waals surface area contributed by atoms with Gasteiger partial charge in [-0.1, -0.05) is 12.1 Å². The van der Waals surface area contributed by atoms with Crippen LogP contribution in [0.3, 0.4) is 0 Å². The van der Waals surface area contributed by atoms with Crippen molar-refractivity contribution in [2.75, 3.05) is 69.1 Å². The van der Waals surface area contributed by atoms with Crippen molar-refractivity contribution >= 4 is 23.0 Å². The molecule has 0 atom stereocenters. The second-order valence-corrected chi connectivity index (χ2v) is 6.67. The van der Waals surface area contributed by atoms with Crippen molar-refractivity contribution in [3.05, 3.63) is 48.0 Å². The van der Waals surface area contributed by atoms with Gasteiger partial charge in [0.1, 0.15) is 5.75 Å². The van der Waals surface area contributed by atoms with Crippen LogP contribution in [0.15, 0.2) is 42.5 Å². The summed E-state index contributed by atoms with van der Waals surface area (Å²) in [5.41, 5.74) is 9.51. The average Bonchev–Trinajstić information content (AvgIpc) is 2.74. The first-order valence-corrected chi connectivity index (χ1v) is 9.43. The Kier molecular flexibility index (Phi) is 6.60. The molecule has 1 saturated heterocycles. The van der Waals surface area contributed by atoms with E-state index < -0.39 is 0 Å². The number of rotatable bonds is 7. The number of carbonyl (C=O) groups excluding carboxylic acids is 1. The molecule has 1 amide bonds. The van der Waals surface area contributed by atoms with E-state index in [0.717, 1.165) is 43.3 Å². The van der Waals surface area contributed by atoms with Crippen molar-refractivity contribution in [3.63, 3.8) is 0 Å². The minimum absolute atomic E-state index is 0.142. The molecule has 28 heavy (non-hydrogen) atoms. The van der Waals surface area contributed by atoms with Crippen molar-refractivity contribution in [3.8, 4) is 5.75 Å². The third-order valence-corrected chi connectivity index (χ3v) is 4.93. The van der Waals surface area contributed by atoms with Crippen LogP contribution in [-0.4, -0.2) is 59.5 Å². The lowest BCUT2D eigenvalue weighted by molar-refractivity contribution is 0.0937. The molecule has 7 heteroatoms. The lowest BCUT2D eigenvalue weighted by Gasteiger charge is -2.38. The predicted octanol–water partition coefficient (Wildman–Crippen LogP) is 1.98. The molecule has 0 unspecified atom stereocenters. The number of carbonyl (C=O) groups is 1. The fourth-order valence-corrected chi connectivity index (χ4v) is 3.43. The van der Waals surface area contributed by atoms with Crippen molar-refractivity contribution in [2.45, 2.75) is 0 Å². The molecule has 0 saturated carbocycles. The number of nitrogens with two attached hydrogens (primary N) is 1. The van der Waals surface area contributed by atoms with Crippen molar-refractivity contribution in [1.82, 2.24) is 5.32 Å². The Labute approximate surface area is 166 Å².